The minimum Gasteiger partial charge on any atom is -0.355 e. The van der Waals surface area contributed by atoms with Crippen LogP contribution >= 0.6 is 0 Å². The van der Waals surface area contributed by atoms with Crippen molar-refractivity contribution in [3.8, 4) is 0 Å². The van der Waals surface area contributed by atoms with E-state index in [-0.39, 0.29) is 0 Å². The highest BCUT2D eigenvalue weighted by Crippen LogP contribution is 2.32. The van der Waals surface area contributed by atoms with E-state index in [4.69, 9.17) is 4.98 Å². The fraction of sp³-hybridized carbons (Fsp3) is 0.833. The average Bonchev–Trinajstić information content (AvgIpc) is 3.05. The van der Waals surface area contributed by atoms with E-state index in [0.29, 0.717) is 11.5 Å². The van der Waals surface area contributed by atoms with Crippen molar-refractivity contribution in [2.45, 2.75) is 85.1 Å². The number of hydrogen-bond acceptors (Lipinski definition) is 2. The van der Waals surface area contributed by atoms with Gasteiger partial charge in [0.05, 0.1) is 5.69 Å². The maximum absolute atomic E-state index is 4.71. The zero-order chi connectivity index (χ0) is 15.3. The van der Waals surface area contributed by atoms with E-state index >= 15 is 0 Å². The summed E-state index contributed by atoms with van der Waals surface area (Å²) in [6.45, 7) is 10.1. The van der Waals surface area contributed by atoms with Crippen molar-refractivity contribution in [1.82, 2.24) is 9.55 Å². The van der Waals surface area contributed by atoms with E-state index in [0.717, 1.165) is 18.2 Å². The molecule has 0 aliphatic heterocycles. The molecule has 2 rings (SSSR count). The summed E-state index contributed by atoms with van der Waals surface area (Å²) in [5.41, 5.74) is 1.48. The summed E-state index contributed by atoms with van der Waals surface area (Å²) in [4.78, 5) is 4.71. The van der Waals surface area contributed by atoms with Gasteiger partial charge in [0.25, 0.3) is 0 Å². The number of rotatable bonds is 8. The predicted octanol–water partition coefficient (Wildman–Crippen LogP) is 5.33. The molecule has 0 radical (unpaired) electrons. The number of anilines is 1. The Morgan fingerprint density at radius 2 is 2.00 bits per heavy atom. The van der Waals surface area contributed by atoms with Gasteiger partial charge in [0, 0.05) is 18.8 Å². The van der Waals surface area contributed by atoms with E-state index in [2.05, 4.69) is 43.8 Å². The average molecular weight is 291 g/mol. The molecule has 1 aliphatic carbocycles. The highest BCUT2D eigenvalue weighted by molar-refractivity contribution is 5.30. The summed E-state index contributed by atoms with van der Waals surface area (Å²) < 4.78 is 2.39. The molecule has 3 nitrogen and oxygen atoms in total. The SMILES string of the molecule is CCCCCC(C)(C)CNc1nc(C)cn1C1CCCC1. The number of unbranched alkanes of at least 4 members (excludes halogenated alkanes) is 2. The van der Waals surface area contributed by atoms with Gasteiger partial charge in [0.15, 0.2) is 0 Å². The third-order valence-corrected chi connectivity index (χ3v) is 4.75. The molecule has 0 aromatic carbocycles. The lowest BCUT2D eigenvalue weighted by atomic mass is 9.87. The van der Waals surface area contributed by atoms with Crippen molar-refractivity contribution in [2.24, 2.45) is 5.41 Å². The quantitative estimate of drug-likeness (QED) is 0.656. The third-order valence-electron chi connectivity index (χ3n) is 4.75. The van der Waals surface area contributed by atoms with E-state index in [1.807, 2.05) is 0 Å². The Morgan fingerprint density at radius 3 is 2.67 bits per heavy atom. The number of aromatic nitrogens is 2. The van der Waals surface area contributed by atoms with Crippen molar-refractivity contribution in [2.75, 3.05) is 11.9 Å². The summed E-state index contributed by atoms with van der Waals surface area (Å²) in [5.74, 6) is 1.09. The van der Waals surface area contributed by atoms with Crippen LogP contribution in [0.2, 0.25) is 0 Å². The van der Waals surface area contributed by atoms with Gasteiger partial charge in [-0.15, -0.1) is 0 Å². The lowest BCUT2D eigenvalue weighted by Gasteiger charge is -2.26. The summed E-state index contributed by atoms with van der Waals surface area (Å²) in [6, 6.07) is 0.664. The molecule has 0 unspecified atom stereocenters. The molecule has 120 valence electrons. The van der Waals surface area contributed by atoms with Gasteiger partial charge in [0.1, 0.15) is 0 Å². The topological polar surface area (TPSA) is 29.9 Å². The molecule has 1 aliphatic rings. The molecule has 0 atom stereocenters. The maximum atomic E-state index is 4.71. The molecule has 3 heteroatoms. The lowest BCUT2D eigenvalue weighted by molar-refractivity contribution is 0.341. The molecule has 1 saturated carbocycles. The van der Waals surface area contributed by atoms with Crippen molar-refractivity contribution < 1.29 is 0 Å². The third kappa shape index (κ3) is 4.76. The molecule has 0 spiro atoms. The summed E-state index contributed by atoms with van der Waals surface area (Å²) in [5, 5.41) is 3.63. The largest absolute Gasteiger partial charge is 0.355 e. The van der Waals surface area contributed by atoms with Crippen LogP contribution in [0, 0.1) is 12.3 Å². The van der Waals surface area contributed by atoms with Crippen molar-refractivity contribution in [3.63, 3.8) is 0 Å². The van der Waals surface area contributed by atoms with E-state index in [1.54, 1.807) is 0 Å². The highest BCUT2D eigenvalue weighted by Gasteiger charge is 2.22. The van der Waals surface area contributed by atoms with Gasteiger partial charge in [-0.05, 0) is 31.6 Å². The van der Waals surface area contributed by atoms with Crippen LogP contribution in [0.3, 0.4) is 0 Å². The first-order valence-corrected chi connectivity index (χ1v) is 8.81. The predicted molar refractivity (Wildman–Crippen MR) is 90.9 cm³/mol. The number of imidazole rings is 1. The van der Waals surface area contributed by atoms with Gasteiger partial charge in [0.2, 0.25) is 5.95 Å². The van der Waals surface area contributed by atoms with Gasteiger partial charge in [-0.2, -0.15) is 0 Å². The fourth-order valence-electron chi connectivity index (χ4n) is 3.37. The van der Waals surface area contributed by atoms with Crippen LogP contribution in [0.4, 0.5) is 5.95 Å². The highest BCUT2D eigenvalue weighted by atomic mass is 15.2. The zero-order valence-electron chi connectivity index (χ0n) is 14.4. The van der Waals surface area contributed by atoms with Crippen LogP contribution in [-0.4, -0.2) is 16.1 Å². The van der Waals surface area contributed by atoms with Crippen LogP contribution in [0.1, 0.15) is 83.9 Å². The number of nitrogens with zero attached hydrogens (tertiary/aromatic N) is 2. The van der Waals surface area contributed by atoms with Crippen LogP contribution in [0.15, 0.2) is 6.20 Å². The molecule has 1 N–H and O–H groups in total. The molecule has 1 fully saturated rings. The Bertz CT molecular complexity index is 428. The number of nitrogens with one attached hydrogen (secondary N) is 1. The van der Waals surface area contributed by atoms with E-state index < -0.39 is 0 Å². The summed E-state index contributed by atoms with van der Waals surface area (Å²) in [6.07, 6.45) is 12.8. The Hall–Kier alpha value is -0.990. The van der Waals surface area contributed by atoms with Gasteiger partial charge < -0.3 is 9.88 Å². The second-order valence-corrected chi connectivity index (χ2v) is 7.53. The minimum absolute atomic E-state index is 0.343. The smallest absolute Gasteiger partial charge is 0.203 e. The van der Waals surface area contributed by atoms with Gasteiger partial charge in [-0.1, -0.05) is 52.9 Å². The zero-order valence-corrected chi connectivity index (χ0v) is 14.4. The molecule has 21 heavy (non-hydrogen) atoms. The minimum atomic E-state index is 0.343. The lowest BCUT2D eigenvalue weighted by Crippen LogP contribution is -2.25. The monoisotopic (exact) mass is 291 g/mol. The fourth-order valence-corrected chi connectivity index (χ4v) is 3.37. The first-order chi connectivity index (χ1) is 10.0. The van der Waals surface area contributed by atoms with Gasteiger partial charge in [-0.3, -0.25) is 0 Å². The Balaban J connectivity index is 1.93. The maximum Gasteiger partial charge on any atom is 0.203 e. The van der Waals surface area contributed by atoms with Crippen molar-refractivity contribution in [1.29, 1.82) is 0 Å². The van der Waals surface area contributed by atoms with Gasteiger partial charge >= 0.3 is 0 Å². The van der Waals surface area contributed by atoms with E-state index in [9.17, 15) is 0 Å². The van der Waals surface area contributed by atoms with Crippen molar-refractivity contribution >= 4 is 5.95 Å². The molecule has 0 amide bonds. The Kier molecular flexibility index (Phi) is 5.72. The number of hydrogen-bond donors (Lipinski definition) is 1. The molecule has 1 heterocycles. The first kappa shape index (κ1) is 16.4. The van der Waals surface area contributed by atoms with E-state index in [1.165, 1.54) is 51.4 Å². The normalized spacial score (nSPS) is 16.6. The molecule has 0 saturated heterocycles. The number of aryl methyl sites for hydroxylation is 1. The molecule has 1 aromatic rings. The standard InChI is InChI=1S/C18H33N3/c1-5-6-9-12-18(3,4)14-19-17-20-15(2)13-21(17)16-10-7-8-11-16/h13,16H,5-12,14H2,1-4H3,(H,19,20). The van der Waals surface area contributed by atoms with Crippen LogP contribution in [0.5, 0.6) is 0 Å². The second kappa shape index (κ2) is 7.33. The molecular weight excluding hydrogens is 258 g/mol. The Labute approximate surface area is 130 Å². The summed E-state index contributed by atoms with van der Waals surface area (Å²) in [7, 11) is 0. The van der Waals surface area contributed by atoms with Gasteiger partial charge in [-0.25, -0.2) is 4.98 Å². The van der Waals surface area contributed by atoms with Crippen LogP contribution in [0.25, 0.3) is 0 Å². The Morgan fingerprint density at radius 1 is 1.29 bits per heavy atom. The molecule has 0 bridgehead atoms. The summed E-state index contributed by atoms with van der Waals surface area (Å²) >= 11 is 0. The van der Waals surface area contributed by atoms with Crippen molar-refractivity contribution in [3.05, 3.63) is 11.9 Å². The van der Waals surface area contributed by atoms with Crippen LogP contribution < -0.4 is 5.32 Å². The van der Waals surface area contributed by atoms with Crippen LogP contribution in [-0.2, 0) is 0 Å². The molecule has 1 aromatic heterocycles. The first-order valence-electron chi connectivity index (χ1n) is 8.81. The second-order valence-electron chi connectivity index (χ2n) is 7.53. The molecular formula is C18H33N3.